The number of hydrogen-bond donors (Lipinski definition) is 2. The normalized spacial score (nSPS) is 13.7. The summed E-state index contributed by atoms with van der Waals surface area (Å²) in [5, 5.41) is 2.31. The lowest BCUT2D eigenvalue weighted by molar-refractivity contribution is -0.142. The number of carbonyl (C=O) groups is 2. The van der Waals surface area contributed by atoms with Crippen molar-refractivity contribution in [2.45, 2.75) is 32.4 Å². The minimum Gasteiger partial charge on any atom is -0.467 e. The van der Waals surface area contributed by atoms with Gasteiger partial charge in [-0.1, -0.05) is 0 Å². The summed E-state index contributed by atoms with van der Waals surface area (Å²) in [5.41, 5.74) is -0.888. The number of rotatable bonds is 3. The molecule has 88 valence electrons. The van der Waals surface area contributed by atoms with Crippen LogP contribution in [-0.4, -0.2) is 36.6 Å². The fourth-order valence-electron chi connectivity index (χ4n) is 0.744. The van der Waals surface area contributed by atoms with Gasteiger partial charge < -0.3 is 14.8 Å². The summed E-state index contributed by atoms with van der Waals surface area (Å²) in [7, 11) is 1.22. The summed E-state index contributed by atoms with van der Waals surface area (Å²) in [6.07, 6.45) is -0.762. The maximum absolute atomic E-state index is 11.3. The second-order valence-electron chi connectivity index (χ2n) is 3.55. The zero-order valence-electron chi connectivity index (χ0n) is 10.1. The fraction of sp³-hybridized carbons (Fsp3) is 0.778. The van der Waals surface area contributed by atoms with Gasteiger partial charge in [-0.2, -0.15) is 12.6 Å². The molecule has 0 radical (unpaired) electrons. The van der Waals surface area contributed by atoms with Crippen LogP contribution in [0, 0.1) is 0 Å². The summed E-state index contributed by atoms with van der Waals surface area (Å²) in [6, 6.07) is -0.845. The van der Waals surface area contributed by atoms with Crippen LogP contribution in [0.4, 0.5) is 4.79 Å². The molecule has 1 atom stereocenters. The molecule has 0 aliphatic rings. The predicted octanol–water partition coefficient (Wildman–Crippen LogP) is 0.982. The first kappa shape index (κ1) is 12.2. The topological polar surface area (TPSA) is 64.6 Å². The Hall–Kier alpha value is -0.910. The number of amides is 1. The van der Waals surface area contributed by atoms with Crippen LogP contribution in [0.25, 0.3) is 0 Å². The summed E-state index contributed by atoms with van der Waals surface area (Å²) < 4.78 is 16.5. The van der Waals surface area contributed by atoms with Crippen LogP contribution in [0.15, 0.2) is 0 Å². The number of esters is 1. The van der Waals surface area contributed by atoms with Crippen molar-refractivity contribution >= 4 is 24.7 Å². The molecule has 0 heterocycles. The number of thiol groups is 1. The lowest BCUT2D eigenvalue weighted by Crippen LogP contribution is -2.45. The summed E-state index contributed by atoms with van der Waals surface area (Å²) >= 11 is 3.91. The molecule has 0 bridgehead atoms. The Kier molecular flexibility index (Phi) is 4.74. The third-order valence-electron chi connectivity index (χ3n) is 1.33. The largest absolute Gasteiger partial charge is 0.467 e. The molecule has 0 aromatic heterocycles. The van der Waals surface area contributed by atoms with Gasteiger partial charge in [0.2, 0.25) is 0 Å². The van der Waals surface area contributed by atoms with Crippen LogP contribution in [-0.2, 0) is 14.3 Å². The van der Waals surface area contributed by atoms with Crippen molar-refractivity contribution in [3.05, 3.63) is 0 Å². The molecule has 0 aromatic carbocycles. The van der Waals surface area contributed by atoms with Gasteiger partial charge in [-0.25, -0.2) is 9.59 Å². The van der Waals surface area contributed by atoms with Gasteiger partial charge in [0.15, 0.2) is 0 Å². The number of hydrogen-bond acceptors (Lipinski definition) is 5. The molecule has 0 aliphatic carbocycles. The maximum atomic E-state index is 11.3. The summed E-state index contributed by atoms with van der Waals surface area (Å²) in [6.45, 7) is 3.14. The first-order valence-electron chi connectivity index (χ1n) is 5.04. The molecule has 6 heteroatoms. The Morgan fingerprint density at radius 1 is 1.60 bits per heavy atom. The lowest BCUT2D eigenvalue weighted by Gasteiger charge is -2.21. The van der Waals surface area contributed by atoms with Crippen LogP contribution in [0.3, 0.4) is 0 Å². The van der Waals surface area contributed by atoms with E-state index in [9.17, 15) is 9.59 Å². The molecule has 0 saturated carbocycles. The summed E-state index contributed by atoms with van der Waals surface area (Å²) in [5.74, 6) is -0.473. The van der Waals surface area contributed by atoms with Crippen molar-refractivity contribution in [1.29, 1.82) is 0 Å². The van der Waals surface area contributed by atoms with Crippen molar-refractivity contribution in [3.8, 4) is 0 Å². The van der Waals surface area contributed by atoms with Crippen LogP contribution in [0.1, 0.15) is 22.1 Å². The van der Waals surface area contributed by atoms with Gasteiger partial charge in [0.05, 0.1) is 7.11 Å². The Morgan fingerprint density at radius 2 is 2.20 bits per heavy atom. The SMILES string of the molecule is [2H]CC(C)(C)OC(=O)N[C@@H](CS)C(=O)OC. The molecule has 0 aliphatic heterocycles. The molecular weight excluding hydrogens is 218 g/mol. The van der Waals surface area contributed by atoms with Crippen molar-refractivity contribution in [1.82, 2.24) is 5.32 Å². The lowest BCUT2D eigenvalue weighted by atomic mass is 10.2. The van der Waals surface area contributed by atoms with E-state index in [1.807, 2.05) is 0 Å². The molecule has 5 nitrogen and oxygen atoms in total. The van der Waals surface area contributed by atoms with Crippen molar-refractivity contribution in [2.24, 2.45) is 0 Å². The van der Waals surface area contributed by atoms with E-state index in [2.05, 4.69) is 22.7 Å². The van der Waals surface area contributed by atoms with Crippen LogP contribution >= 0.6 is 12.6 Å². The molecule has 0 unspecified atom stereocenters. The van der Waals surface area contributed by atoms with Gasteiger partial charge in [-0.15, -0.1) is 0 Å². The van der Waals surface area contributed by atoms with E-state index in [-0.39, 0.29) is 12.7 Å². The molecule has 0 rings (SSSR count). The third kappa shape index (κ3) is 6.22. The third-order valence-corrected chi connectivity index (χ3v) is 1.69. The maximum Gasteiger partial charge on any atom is 0.408 e. The van der Waals surface area contributed by atoms with E-state index in [0.717, 1.165) is 0 Å². The fourth-order valence-corrected chi connectivity index (χ4v) is 0.984. The van der Waals surface area contributed by atoms with Gasteiger partial charge in [0.25, 0.3) is 0 Å². The highest BCUT2D eigenvalue weighted by molar-refractivity contribution is 7.80. The molecule has 0 fully saturated rings. The Balaban J connectivity index is 4.27. The number of alkyl carbamates (subject to hydrolysis) is 1. The molecule has 0 aromatic rings. The molecule has 1 N–H and O–H groups in total. The summed E-state index contributed by atoms with van der Waals surface area (Å²) in [4.78, 5) is 22.5. The molecular formula is C9H17NO4S. The van der Waals surface area contributed by atoms with E-state index in [1.54, 1.807) is 13.8 Å². The number of nitrogens with one attached hydrogen (secondary N) is 1. The Labute approximate surface area is 96.3 Å². The van der Waals surface area contributed by atoms with E-state index in [4.69, 9.17) is 6.11 Å². The second-order valence-corrected chi connectivity index (χ2v) is 3.92. The highest BCUT2D eigenvalue weighted by Crippen LogP contribution is 2.07. The zero-order valence-corrected chi connectivity index (χ0v) is 9.97. The predicted molar refractivity (Wildman–Crippen MR) is 59.0 cm³/mol. The van der Waals surface area contributed by atoms with Crippen molar-refractivity contribution in [3.63, 3.8) is 0 Å². The Bertz CT molecular complexity index is 260. The number of methoxy groups -OCH3 is 1. The highest BCUT2D eigenvalue weighted by atomic mass is 32.1. The first-order valence-corrected chi connectivity index (χ1v) is 4.97. The van der Waals surface area contributed by atoms with Crippen molar-refractivity contribution < 1.29 is 20.4 Å². The average Bonchev–Trinajstić information content (AvgIpc) is 2.24. The van der Waals surface area contributed by atoms with Crippen LogP contribution in [0.5, 0.6) is 0 Å². The van der Waals surface area contributed by atoms with E-state index < -0.39 is 23.7 Å². The van der Waals surface area contributed by atoms with E-state index in [0.29, 0.717) is 0 Å². The standard InChI is InChI=1S/C9H17NO4S/c1-9(2,3)14-8(12)10-6(5-15)7(11)13-4/h6,15H,5H2,1-4H3,(H,10,12)/t6-/m0/s1/i1D. The van der Waals surface area contributed by atoms with Crippen LogP contribution < -0.4 is 5.32 Å². The minimum absolute atomic E-state index is 0.0653. The van der Waals surface area contributed by atoms with Gasteiger partial charge in [0.1, 0.15) is 11.6 Å². The highest BCUT2D eigenvalue weighted by Gasteiger charge is 2.23. The quantitative estimate of drug-likeness (QED) is 0.566. The van der Waals surface area contributed by atoms with Crippen LogP contribution in [0.2, 0.25) is 0 Å². The molecule has 15 heavy (non-hydrogen) atoms. The van der Waals surface area contributed by atoms with Gasteiger partial charge in [-0.3, -0.25) is 0 Å². The van der Waals surface area contributed by atoms with Crippen molar-refractivity contribution in [2.75, 3.05) is 12.9 Å². The van der Waals surface area contributed by atoms with Gasteiger partial charge in [-0.05, 0) is 20.7 Å². The Morgan fingerprint density at radius 3 is 2.60 bits per heavy atom. The molecule has 0 saturated heterocycles. The minimum atomic E-state index is -0.888. The van der Waals surface area contributed by atoms with E-state index in [1.165, 1.54) is 7.11 Å². The van der Waals surface area contributed by atoms with Gasteiger partial charge in [0, 0.05) is 7.12 Å². The van der Waals surface area contributed by atoms with Gasteiger partial charge >= 0.3 is 12.1 Å². The first-order chi connectivity index (χ1) is 7.36. The number of ether oxygens (including phenoxy) is 2. The number of carbonyl (C=O) groups excluding carboxylic acids is 2. The second kappa shape index (κ2) is 5.85. The zero-order chi connectivity index (χ0) is 12.8. The molecule has 0 spiro atoms. The molecule has 1 amide bonds. The smallest absolute Gasteiger partial charge is 0.408 e. The monoisotopic (exact) mass is 236 g/mol. The van der Waals surface area contributed by atoms with E-state index >= 15 is 0 Å². The average molecular weight is 236 g/mol.